The Labute approximate surface area is 117 Å². The van der Waals surface area contributed by atoms with Gasteiger partial charge in [-0.3, -0.25) is 9.69 Å². The van der Waals surface area contributed by atoms with Crippen molar-refractivity contribution < 1.29 is 4.79 Å². The van der Waals surface area contributed by atoms with Gasteiger partial charge in [0.05, 0.1) is 6.54 Å². The molecule has 0 spiro atoms. The van der Waals surface area contributed by atoms with Crippen LogP contribution in [0.1, 0.15) is 16.8 Å². The molecule has 1 aromatic heterocycles. The highest BCUT2D eigenvalue weighted by Gasteiger charge is 2.16. The number of rotatable bonds is 3. The molecule has 1 aliphatic heterocycles. The fourth-order valence-corrected chi connectivity index (χ4v) is 3.49. The molecule has 2 heterocycles. The molecule has 0 amide bonds. The predicted molar refractivity (Wildman–Crippen MR) is 80.1 cm³/mol. The normalized spacial score (nSPS) is 17.5. The van der Waals surface area contributed by atoms with Crippen LogP contribution < -0.4 is 5.32 Å². The second kappa shape index (κ2) is 5.82. The largest absolute Gasteiger partial charge is 0.315 e. The maximum atomic E-state index is 12.5. The Morgan fingerprint density at radius 3 is 3.16 bits per heavy atom. The van der Waals surface area contributed by atoms with Crippen LogP contribution in [0.25, 0.3) is 10.1 Å². The zero-order valence-corrected chi connectivity index (χ0v) is 11.7. The Hall–Kier alpha value is -1.23. The van der Waals surface area contributed by atoms with E-state index in [0.29, 0.717) is 6.54 Å². The minimum Gasteiger partial charge on any atom is -0.315 e. The highest BCUT2D eigenvalue weighted by Crippen LogP contribution is 2.25. The topological polar surface area (TPSA) is 32.3 Å². The van der Waals surface area contributed by atoms with Crippen LogP contribution in [0.4, 0.5) is 0 Å². The number of nitrogens with zero attached hydrogens (tertiary/aromatic N) is 1. The molecule has 0 saturated carbocycles. The second-order valence-electron chi connectivity index (χ2n) is 4.95. The molecule has 1 aromatic carbocycles. The average Bonchev–Trinajstić information content (AvgIpc) is 2.76. The number of ketones is 1. The van der Waals surface area contributed by atoms with Gasteiger partial charge in [0.25, 0.3) is 0 Å². The number of benzene rings is 1. The van der Waals surface area contributed by atoms with Gasteiger partial charge >= 0.3 is 0 Å². The first-order chi connectivity index (χ1) is 9.34. The highest BCUT2D eigenvalue weighted by molar-refractivity contribution is 7.17. The first kappa shape index (κ1) is 12.8. The van der Waals surface area contributed by atoms with Crippen molar-refractivity contribution in [2.45, 2.75) is 6.42 Å². The molecule has 100 valence electrons. The molecule has 0 aliphatic carbocycles. The van der Waals surface area contributed by atoms with Crippen LogP contribution in [-0.4, -0.2) is 43.4 Å². The summed E-state index contributed by atoms with van der Waals surface area (Å²) in [4.78, 5) is 14.7. The number of carbonyl (C=O) groups excluding carboxylic acids is 1. The van der Waals surface area contributed by atoms with Crippen LogP contribution in [0.2, 0.25) is 0 Å². The fraction of sp³-hybridized carbons (Fsp3) is 0.400. The van der Waals surface area contributed by atoms with Crippen LogP contribution in [-0.2, 0) is 0 Å². The summed E-state index contributed by atoms with van der Waals surface area (Å²) in [5.41, 5.74) is 0.879. The van der Waals surface area contributed by atoms with Crippen molar-refractivity contribution in [1.82, 2.24) is 10.2 Å². The van der Waals surface area contributed by atoms with Crippen molar-refractivity contribution in [2.24, 2.45) is 0 Å². The highest BCUT2D eigenvalue weighted by atomic mass is 32.1. The molecular formula is C15H18N2OS. The number of hydrogen-bond acceptors (Lipinski definition) is 4. The van der Waals surface area contributed by atoms with E-state index in [4.69, 9.17) is 0 Å². The van der Waals surface area contributed by atoms with Gasteiger partial charge in [-0.2, -0.15) is 0 Å². The summed E-state index contributed by atoms with van der Waals surface area (Å²) in [6, 6.07) is 8.08. The number of carbonyl (C=O) groups is 1. The lowest BCUT2D eigenvalue weighted by Crippen LogP contribution is -2.33. The van der Waals surface area contributed by atoms with Crippen molar-refractivity contribution in [3.63, 3.8) is 0 Å². The molecule has 3 rings (SSSR count). The van der Waals surface area contributed by atoms with E-state index in [2.05, 4.69) is 27.7 Å². The monoisotopic (exact) mass is 274 g/mol. The van der Waals surface area contributed by atoms with Gasteiger partial charge in [0.1, 0.15) is 0 Å². The molecular weight excluding hydrogens is 256 g/mol. The Kier molecular flexibility index (Phi) is 3.92. The first-order valence-corrected chi connectivity index (χ1v) is 7.65. The molecule has 0 bridgehead atoms. The third-order valence-electron chi connectivity index (χ3n) is 3.58. The minimum atomic E-state index is 0.245. The van der Waals surface area contributed by atoms with Gasteiger partial charge in [-0.25, -0.2) is 0 Å². The maximum Gasteiger partial charge on any atom is 0.178 e. The second-order valence-corrected chi connectivity index (χ2v) is 5.86. The Balaban J connectivity index is 1.77. The molecule has 0 unspecified atom stereocenters. The number of thiophene rings is 1. The number of hydrogen-bond donors (Lipinski definition) is 1. The minimum absolute atomic E-state index is 0.245. The van der Waals surface area contributed by atoms with Crippen molar-refractivity contribution in [3.8, 4) is 0 Å². The van der Waals surface area contributed by atoms with E-state index >= 15 is 0 Å². The Bertz CT molecular complexity index is 570. The summed E-state index contributed by atoms with van der Waals surface area (Å²) < 4.78 is 1.13. The van der Waals surface area contributed by atoms with Gasteiger partial charge in [0.2, 0.25) is 0 Å². The third kappa shape index (κ3) is 2.86. The number of Topliss-reactive ketones (excluding diaryl/α,β-unsaturated/α-hetero) is 1. The molecule has 1 aliphatic rings. The summed E-state index contributed by atoms with van der Waals surface area (Å²) in [6.45, 7) is 4.56. The molecule has 4 heteroatoms. The van der Waals surface area contributed by atoms with E-state index in [1.54, 1.807) is 11.3 Å². The molecule has 0 radical (unpaired) electrons. The lowest BCUT2D eigenvalue weighted by molar-refractivity contribution is 0.0937. The smallest absolute Gasteiger partial charge is 0.178 e. The van der Waals surface area contributed by atoms with Crippen molar-refractivity contribution in [2.75, 3.05) is 32.7 Å². The molecule has 0 atom stereocenters. The van der Waals surface area contributed by atoms with E-state index in [9.17, 15) is 4.79 Å². The molecule has 2 aromatic rings. The first-order valence-electron chi connectivity index (χ1n) is 6.77. The molecule has 1 fully saturated rings. The van der Waals surface area contributed by atoms with Crippen LogP contribution >= 0.6 is 11.3 Å². The third-order valence-corrected chi connectivity index (χ3v) is 4.54. The quantitative estimate of drug-likeness (QED) is 0.872. The summed E-state index contributed by atoms with van der Waals surface area (Å²) in [5, 5.41) is 6.59. The van der Waals surface area contributed by atoms with Gasteiger partial charge < -0.3 is 5.32 Å². The fourth-order valence-electron chi connectivity index (χ4n) is 2.56. The van der Waals surface area contributed by atoms with Gasteiger partial charge in [-0.05, 0) is 42.4 Å². The Morgan fingerprint density at radius 2 is 2.21 bits per heavy atom. The van der Waals surface area contributed by atoms with Gasteiger partial charge in [-0.1, -0.05) is 12.1 Å². The van der Waals surface area contributed by atoms with Crippen molar-refractivity contribution in [3.05, 3.63) is 35.2 Å². The SMILES string of the molecule is O=C(CN1CCCNCC1)c1cccc2ccsc12. The number of fused-ring (bicyclic) bond motifs is 1. The van der Waals surface area contributed by atoms with Crippen LogP contribution in [0.3, 0.4) is 0 Å². The van der Waals surface area contributed by atoms with E-state index in [0.717, 1.165) is 42.9 Å². The lowest BCUT2D eigenvalue weighted by atomic mass is 10.1. The van der Waals surface area contributed by atoms with Crippen LogP contribution in [0, 0.1) is 0 Å². The standard InChI is InChI=1S/C15H18N2OS/c18-14(11-17-8-2-6-16-7-9-17)13-4-1-3-12-5-10-19-15(12)13/h1,3-5,10,16H,2,6-9,11H2. The van der Waals surface area contributed by atoms with E-state index in [1.165, 1.54) is 5.39 Å². The Morgan fingerprint density at radius 1 is 1.26 bits per heavy atom. The summed E-state index contributed by atoms with van der Waals surface area (Å²) in [5.74, 6) is 0.245. The lowest BCUT2D eigenvalue weighted by Gasteiger charge is -2.18. The molecule has 19 heavy (non-hydrogen) atoms. The summed E-state index contributed by atoms with van der Waals surface area (Å²) in [6.07, 6.45) is 1.12. The molecule has 1 N–H and O–H groups in total. The van der Waals surface area contributed by atoms with Crippen molar-refractivity contribution >= 4 is 27.2 Å². The van der Waals surface area contributed by atoms with Crippen LogP contribution in [0.15, 0.2) is 29.6 Å². The van der Waals surface area contributed by atoms with E-state index < -0.39 is 0 Å². The van der Waals surface area contributed by atoms with Gasteiger partial charge in [0, 0.05) is 23.4 Å². The maximum absolute atomic E-state index is 12.5. The average molecular weight is 274 g/mol. The predicted octanol–water partition coefficient (Wildman–Crippen LogP) is 2.38. The molecule has 3 nitrogen and oxygen atoms in total. The zero-order valence-electron chi connectivity index (χ0n) is 10.9. The summed E-state index contributed by atoms with van der Waals surface area (Å²) >= 11 is 1.66. The van der Waals surface area contributed by atoms with Crippen molar-refractivity contribution in [1.29, 1.82) is 0 Å². The van der Waals surface area contributed by atoms with E-state index in [-0.39, 0.29) is 5.78 Å². The van der Waals surface area contributed by atoms with Gasteiger partial charge in [0.15, 0.2) is 5.78 Å². The molecule has 1 saturated heterocycles. The number of nitrogens with one attached hydrogen (secondary N) is 1. The van der Waals surface area contributed by atoms with Gasteiger partial charge in [-0.15, -0.1) is 11.3 Å². The zero-order chi connectivity index (χ0) is 13.1. The summed E-state index contributed by atoms with van der Waals surface area (Å²) in [7, 11) is 0. The van der Waals surface area contributed by atoms with Crippen LogP contribution in [0.5, 0.6) is 0 Å². The van der Waals surface area contributed by atoms with E-state index in [1.807, 2.05) is 12.1 Å².